The molecular formula is C30H45Cl3N6O. The molecule has 0 unspecified atom stereocenters. The van der Waals surface area contributed by atoms with Gasteiger partial charge in [-0.15, -0.1) is 37.2 Å². The molecule has 2 aliphatic rings. The highest BCUT2D eigenvalue weighted by molar-refractivity contribution is 5.86. The third-order valence-corrected chi connectivity index (χ3v) is 7.71. The van der Waals surface area contributed by atoms with Crippen LogP contribution < -0.4 is 0 Å². The number of benzene rings is 1. The van der Waals surface area contributed by atoms with Crippen molar-refractivity contribution in [1.82, 2.24) is 29.2 Å². The number of imidazole rings is 1. The number of ether oxygens (including phenoxy) is 1. The van der Waals surface area contributed by atoms with Gasteiger partial charge < -0.3 is 9.30 Å². The van der Waals surface area contributed by atoms with Gasteiger partial charge in [-0.2, -0.15) is 0 Å². The average Bonchev–Trinajstić information content (AvgIpc) is 3.27. The van der Waals surface area contributed by atoms with Gasteiger partial charge in [0.25, 0.3) is 0 Å². The number of pyridine rings is 1. The van der Waals surface area contributed by atoms with Crippen LogP contribution in [0.2, 0.25) is 0 Å². The summed E-state index contributed by atoms with van der Waals surface area (Å²) < 4.78 is 7.74. The summed E-state index contributed by atoms with van der Waals surface area (Å²) in [5.41, 5.74) is 6.80. The van der Waals surface area contributed by atoms with E-state index in [9.17, 15) is 0 Å². The predicted octanol–water partition coefficient (Wildman–Crippen LogP) is 4.89. The second kappa shape index (κ2) is 16.7. The number of fused-ring (bicyclic) bond motifs is 1. The van der Waals surface area contributed by atoms with E-state index in [4.69, 9.17) is 14.7 Å². The fraction of sp³-hybridized carbons (Fsp3) is 0.533. The maximum absolute atomic E-state index is 5.46. The lowest BCUT2D eigenvalue weighted by Gasteiger charge is -2.36. The fourth-order valence-corrected chi connectivity index (χ4v) is 5.44. The first-order chi connectivity index (χ1) is 18.1. The van der Waals surface area contributed by atoms with Crippen LogP contribution in [0.4, 0.5) is 0 Å². The first-order valence-electron chi connectivity index (χ1n) is 13.9. The van der Waals surface area contributed by atoms with Gasteiger partial charge in [0.05, 0.1) is 19.8 Å². The summed E-state index contributed by atoms with van der Waals surface area (Å²) in [6.45, 7) is 19.1. The van der Waals surface area contributed by atoms with E-state index >= 15 is 0 Å². The molecule has 40 heavy (non-hydrogen) atoms. The lowest BCUT2D eigenvalue weighted by molar-refractivity contribution is 0.0303. The molecule has 4 heterocycles. The van der Waals surface area contributed by atoms with Crippen molar-refractivity contribution in [2.24, 2.45) is 0 Å². The summed E-state index contributed by atoms with van der Waals surface area (Å²) in [7, 11) is 0. The number of morpholine rings is 1. The Morgan fingerprint density at radius 2 is 1.45 bits per heavy atom. The van der Waals surface area contributed by atoms with Gasteiger partial charge >= 0.3 is 0 Å². The molecule has 2 aliphatic heterocycles. The maximum Gasteiger partial charge on any atom is 0.160 e. The van der Waals surface area contributed by atoms with E-state index in [2.05, 4.69) is 82.5 Å². The Labute approximate surface area is 258 Å². The highest BCUT2D eigenvalue weighted by Gasteiger charge is 2.18. The molecule has 3 aromatic rings. The summed E-state index contributed by atoms with van der Waals surface area (Å²) in [6, 6.07) is 11.0. The van der Waals surface area contributed by atoms with Gasteiger partial charge in [-0.05, 0) is 36.6 Å². The molecule has 0 N–H and O–H groups in total. The van der Waals surface area contributed by atoms with E-state index in [0.29, 0.717) is 0 Å². The molecule has 7 nitrogen and oxygen atoms in total. The van der Waals surface area contributed by atoms with Crippen LogP contribution in [0.1, 0.15) is 35.1 Å². The molecular weight excluding hydrogens is 567 g/mol. The summed E-state index contributed by atoms with van der Waals surface area (Å²) in [5, 5.41) is 0. The Hall–Kier alpha value is -1.71. The van der Waals surface area contributed by atoms with E-state index in [1.807, 2.05) is 0 Å². The van der Waals surface area contributed by atoms with Crippen LogP contribution in [0.3, 0.4) is 0 Å². The van der Waals surface area contributed by atoms with Crippen LogP contribution in [0, 0.1) is 13.8 Å². The minimum absolute atomic E-state index is 0. The zero-order valence-corrected chi connectivity index (χ0v) is 26.5. The Balaban J connectivity index is 0.00000187. The predicted molar refractivity (Wildman–Crippen MR) is 173 cm³/mol. The molecule has 0 saturated carbocycles. The molecule has 0 amide bonds. The number of piperazine rings is 1. The van der Waals surface area contributed by atoms with Crippen LogP contribution in [-0.4, -0.2) is 101 Å². The molecule has 1 aromatic carbocycles. The zero-order valence-electron chi connectivity index (χ0n) is 24.1. The number of aromatic nitrogens is 3. The first-order valence-corrected chi connectivity index (χ1v) is 13.9. The molecule has 2 fully saturated rings. The zero-order chi connectivity index (χ0) is 25.6. The molecule has 0 atom stereocenters. The first kappa shape index (κ1) is 34.5. The summed E-state index contributed by atoms with van der Waals surface area (Å²) in [4.78, 5) is 17.4. The van der Waals surface area contributed by atoms with Crippen molar-refractivity contribution in [3.63, 3.8) is 0 Å². The van der Waals surface area contributed by atoms with Crippen molar-refractivity contribution in [3.8, 4) is 0 Å². The van der Waals surface area contributed by atoms with Crippen LogP contribution in [0.25, 0.3) is 17.2 Å². The van der Waals surface area contributed by atoms with Gasteiger partial charge in [-0.1, -0.05) is 43.3 Å². The molecule has 0 radical (unpaired) electrons. The monoisotopic (exact) mass is 610 g/mol. The third kappa shape index (κ3) is 8.89. The van der Waals surface area contributed by atoms with Crippen molar-refractivity contribution < 1.29 is 4.74 Å². The molecule has 2 aromatic heterocycles. The van der Waals surface area contributed by atoms with Gasteiger partial charge in [0, 0.05) is 71.0 Å². The highest BCUT2D eigenvalue weighted by atomic mass is 35.5. The Morgan fingerprint density at radius 1 is 0.825 bits per heavy atom. The lowest BCUT2D eigenvalue weighted by atomic mass is 10.1. The summed E-state index contributed by atoms with van der Waals surface area (Å²) in [6.07, 6.45) is 5.47. The average molecular weight is 612 g/mol. The van der Waals surface area contributed by atoms with E-state index in [1.165, 1.54) is 42.9 Å². The number of aryl methyl sites for hydroxylation is 3. The van der Waals surface area contributed by atoms with Gasteiger partial charge in [-0.3, -0.25) is 14.7 Å². The molecule has 0 aliphatic carbocycles. The minimum Gasteiger partial charge on any atom is -0.379 e. The lowest BCUT2D eigenvalue weighted by Crippen LogP contribution is -2.49. The maximum atomic E-state index is 5.46. The third-order valence-electron chi connectivity index (χ3n) is 7.71. The molecule has 10 heteroatoms. The second-order valence-corrected chi connectivity index (χ2v) is 10.5. The van der Waals surface area contributed by atoms with Crippen LogP contribution in [0.15, 0.2) is 36.4 Å². The van der Waals surface area contributed by atoms with Crippen molar-refractivity contribution in [3.05, 3.63) is 64.6 Å². The van der Waals surface area contributed by atoms with Crippen LogP contribution in [-0.2, 0) is 17.7 Å². The SMILES string of the molecule is CCc1nc2c(C)cc(C)nc2n1Cc1ccc(C=CCN2CCN(CCN3CCOCC3)CC2)cc1.Cl.Cl.Cl. The normalized spacial score (nSPS) is 17.0. The van der Waals surface area contributed by atoms with Crippen LogP contribution in [0.5, 0.6) is 0 Å². The van der Waals surface area contributed by atoms with Gasteiger partial charge in [0.15, 0.2) is 5.65 Å². The fourth-order valence-electron chi connectivity index (χ4n) is 5.44. The quantitative estimate of drug-likeness (QED) is 0.344. The van der Waals surface area contributed by atoms with E-state index in [0.717, 1.165) is 81.6 Å². The number of hydrogen-bond donors (Lipinski definition) is 0. The number of hydrogen-bond acceptors (Lipinski definition) is 6. The Bertz CT molecular complexity index is 1200. The van der Waals surface area contributed by atoms with Crippen molar-refractivity contribution in [2.75, 3.05) is 72.1 Å². The summed E-state index contributed by atoms with van der Waals surface area (Å²) >= 11 is 0. The molecule has 5 rings (SSSR count). The number of rotatable bonds is 9. The van der Waals surface area contributed by atoms with E-state index < -0.39 is 0 Å². The molecule has 0 spiro atoms. The van der Waals surface area contributed by atoms with E-state index in [-0.39, 0.29) is 37.2 Å². The number of halogens is 3. The minimum atomic E-state index is 0. The van der Waals surface area contributed by atoms with E-state index in [1.54, 1.807) is 0 Å². The highest BCUT2D eigenvalue weighted by Crippen LogP contribution is 2.21. The van der Waals surface area contributed by atoms with Gasteiger partial charge in [0.2, 0.25) is 0 Å². The largest absolute Gasteiger partial charge is 0.379 e. The molecule has 0 bridgehead atoms. The molecule has 222 valence electrons. The van der Waals surface area contributed by atoms with Crippen molar-refractivity contribution >= 4 is 54.5 Å². The smallest absolute Gasteiger partial charge is 0.160 e. The Morgan fingerprint density at radius 3 is 2.10 bits per heavy atom. The van der Waals surface area contributed by atoms with Crippen molar-refractivity contribution in [2.45, 2.75) is 33.7 Å². The van der Waals surface area contributed by atoms with Gasteiger partial charge in [0.1, 0.15) is 11.3 Å². The number of nitrogens with zero attached hydrogens (tertiary/aromatic N) is 6. The van der Waals surface area contributed by atoms with Crippen LogP contribution >= 0.6 is 37.2 Å². The topological polar surface area (TPSA) is 49.7 Å². The standard InChI is InChI=1S/C30H42N6O.3ClH/c1-4-28-32-29-24(2)22-25(3)31-30(29)36(28)23-27-9-7-26(8-10-27)6-5-11-33-12-14-34(15-13-33)16-17-35-18-20-37-21-19-35;;;/h5-10,22H,4,11-21,23H2,1-3H3;3*1H. The molecule has 2 saturated heterocycles. The Kier molecular flexibility index (Phi) is 14.4. The van der Waals surface area contributed by atoms with Crippen molar-refractivity contribution in [1.29, 1.82) is 0 Å². The van der Waals surface area contributed by atoms with Gasteiger partial charge in [-0.25, -0.2) is 9.97 Å². The summed E-state index contributed by atoms with van der Waals surface area (Å²) in [5.74, 6) is 1.10. The second-order valence-electron chi connectivity index (χ2n) is 10.5.